The second kappa shape index (κ2) is 7.88. The minimum atomic E-state index is -3.66. The summed E-state index contributed by atoms with van der Waals surface area (Å²) < 4.78 is 37.0. The van der Waals surface area contributed by atoms with Gasteiger partial charge < -0.3 is 9.15 Å². The van der Waals surface area contributed by atoms with Crippen molar-refractivity contribution in [2.75, 3.05) is 0 Å². The molecular weight excluding hydrogens is 428 g/mol. The predicted octanol–water partition coefficient (Wildman–Crippen LogP) is 2.99. The molecule has 0 saturated carbocycles. The van der Waals surface area contributed by atoms with E-state index in [1.165, 1.54) is 46.3 Å². The van der Waals surface area contributed by atoms with Gasteiger partial charge in [0.1, 0.15) is 6.61 Å². The third-order valence-corrected chi connectivity index (χ3v) is 6.98. The first kappa shape index (κ1) is 20.0. The first-order valence-corrected chi connectivity index (χ1v) is 11.4. The lowest BCUT2D eigenvalue weighted by Crippen LogP contribution is -2.16. The van der Waals surface area contributed by atoms with E-state index < -0.39 is 21.6 Å². The number of carbonyl (C=O) groups is 1. The van der Waals surface area contributed by atoms with Gasteiger partial charge in [0.25, 0.3) is 5.56 Å². The van der Waals surface area contributed by atoms with Crippen LogP contribution in [-0.2, 0) is 26.9 Å². The topological polar surface area (TPSA) is 108 Å². The van der Waals surface area contributed by atoms with Crippen LogP contribution in [0.25, 0.3) is 4.96 Å². The Balaban J connectivity index is 1.50. The van der Waals surface area contributed by atoms with Crippen LogP contribution in [0.1, 0.15) is 27.5 Å². The smallest absolute Gasteiger partial charge is 0.374 e. The number of aromatic nitrogens is 2. The first-order valence-electron chi connectivity index (χ1n) is 8.83. The number of esters is 1. The van der Waals surface area contributed by atoms with Crippen LogP contribution in [0.5, 0.6) is 0 Å². The largest absolute Gasteiger partial charge is 0.457 e. The molecule has 30 heavy (non-hydrogen) atoms. The van der Waals surface area contributed by atoms with E-state index in [0.29, 0.717) is 10.7 Å². The quantitative estimate of drug-likeness (QED) is 0.421. The fraction of sp³-hybridized carbons (Fsp3) is 0.150. The van der Waals surface area contributed by atoms with Crippen molar-refractivity contribution in [1.82, 2.24) is 9.38 Å². The fourth-order valence-corrected chi connectivity index (χ4v) is 5.19. The maximum atomic E-state index is 12.6. The summed E-state index contributed by atoms with van der Waals surface area (Å²) in [6, 6.07) is 10.7. The Kier molecular flexibility index (Phi) is 5.27. The lowest BCUT2D eigenvalue weighted by Gasteiger charge is -2.06. The van der Waals surface area contributed by atoms with Crippen LogP contribution in [0.2, 0.25) is 0 Å². The Morgan fingerprint density at radius 2 is 2.00 bits per heavy atom. The molecule has 4 rings (SSSR count). The number of rotatable bonds is 6. The molecule has 0 aliphatic heterocycles. The zero-order valence-electron chi connectivity index (χ0n) is 15.8. The van der Waals surface area contributed by atoms with Crippen molar-refractivity contribution >= 4 is 32.1 Å². The molecule has 8 nitrogen and oxygen atoms in total. The minimum absolute atomic E-state index is 0.148. The van der Waals surface area contributed by atoms with E-state index in [0.717, 1.165) is 5.69 Å². The molecule has 0 amide bonds. The highest BCUT2D eigenvalue weighted by molar-refractivity contribution is 7.90. The van der Waals surface area contributed by atoms with Crippen molar-refractivity contribution in [3.05, 3.63) is 87.2 Å². The lowest BCUT2D eigenvalue weighted by atomic mass is 10.3. The van der Waals surface area contributed by atoms with Gasteiger partial charge in [-0.2, -0.15) is 0 Å². The Morgan fingerprint density at radius 3 is 2.77 bits per heavy atom. The van der Waals surface area contributed by atoms with Crippen LogP contribution in [0.4, 0.5) is 0 Å². The summed E-state index contributed by atoms with van der Waals surface area (Å²) in [6.45, 7) is 1.56. The van der Waals surface area contributed by atoms with E-state index in [2.05, 4.69) is 4.98 Å². The van der Waals surface area contributed by atoms with Crippen LogP contribution < -0.4 is 5.56 Å². The van der Waals surface area contributed by atoms with Gasteiger partial charge in [-0.25, -0.2) is 18.2 Å². The maximum Gasteiger partial charge on any atom is 0.374 e. The molecule has 1 aromatic carbocycles. The zero-order valence-corrected chi connectivity index (χ0v) is 17.4. The summed E-state index contributed by atoms with van der Waals surface area (Å²) in [4.78, 5) is 29.6. The van der Waals surface area contributed by atoms with Crippen molar-refractivity contribution in [2.24, 2.45) is 0 Å². The number of fused-ring (bicyclic) bond motifs is 1. The summed E-state index contributed by atoms with van der Waals surface area (Å²) in [5.41, 5.74) is 0.995. The van der Waals surface area contributed by atoms with E-state index in [1.807, 2.05) is 5.38 Å². The lowest BCUT2D eigenvalue weighted by molar-refractivity contribution is 0.0430. The monoisotopic (exact) mass is 444 g/mol. The van der Waals surface area contributed by atoms with Crippen molar-refractivity contribution < 1.29 is 22.4 Å². The van der Waals surface area contributed by atoms with Crippen molar-refractivity contribution in [3.63, 3.8) is 0 Å². The molecule has 0 aliphatic carbocycles. The molecule has 0 saturated heterocycles. The highest BCUT2D eigenvalue weighted by Gasteiger charge is 2.23. The molecule has 0 radical (unpaired) electrons. The standard InChI is InChI=1S/C20H16N2O6S2/c1-13-11-29-20-21-15(9-17(23)22(13)20)10-28-19(24)18-14(7-8-27-18)12-30(25,26)16-5-3-2-4-6-16/h2-9,11H,10,12H2,1H3. The summed E-state index contributed by atoms with van der Waals surface area (Å²) in [5, 5.41) is 1.81. The van der Waals surface area contributed by atoms with Gasteiger partial charge in [0.05, 0.1) is 22.6 Å². The van der Waals surface area contributed by atoms with Crippen LogP contribution in [-0.4, -0.2) is 23.8 Å². The second-order valence-electron chi connectivity index (χ2n) is 6.50. The SMILES string of the molecule is Cc1csc2nc(COC(=O)c3occc3CS(=O)(=O)c3ccccc3)cc(=O)n12. The van der Waals surface area contributed by atoms with Crippen LogP contribution >= 0.6 is 11.3 Å². The molecule has 0 aliphatic rings. The van der Waals surface area contributed by atoms with Crippen molar-refractivity contribution in [2.45, 2.75) is 24.2 Å². The maximum absolute atomic E-state index is 12.6. The van der Waals surface area contributed by atoms with Gasteiger partial charge >= 0.3 is 5.97 Å². The highest BCUT2D eigenvalue weighted by Crippen LogP contribution is 2.21. The number of aryl methyl sites for hydroxylation is 1. The van der Waals surface area contributed by atoms with Gasteiger partial charge in [0, 0.05) is 22.7 Å². The molecule has 4 aromatic rings. The zero-order chi connectivity index (χ0) is 21.3. The molecule has 10 heteroatoms. The van der Waals surface area contributed by atoms with Crippen LogP contribution in [0, 0.1) is 6.92 Å². The summed E-state index contributed by atoms with van der Waals surface area (Å²) in [6.07, 6.45) is 1.23. The normalized spacial score (nSPS) is 11.6. The van der Waals surface area contributed by atoms with E-state index in [9.17, 15) is 18.0 Å². The van der Waals surface area contributed by atoms with Gasteiger partial charge in [-0.15, -0.1) is 11.3 Å². The number of hydrogen-bond acceptors (Lipinski definition) is 8. The molecule has 0 fully saturated rings. The molecule has 0 atom stereocenters. The molecule has 0 spiro atoms. The van der Waals surface area contributed by atoms with Gasteiger partial charge in [-0.1, -0.05) is 18.2 Å². The summed E-state index contributed by atoms with van der Waals surface area (Å²) in [7, 11) is -3.66. The number of furan rings is 1. The second-order valence-corrected chi connectivity index (χ2v) is 9.33. The number of sulfone groups is 1. The van der Waals surface area contributed by atoms with Gasteiger partial charge in [-0.3, -0.25) is 9.20 Å². The minimum Gasteiger partial charge on any atom is -0.457 e. The average Bonchev–Trinajstić information content (AvgIpc) is 3.33. The highest BCUT2D eigenvalue weighted by atomic mass is 32.2. The van der Waals surface area contributed by atoms with Crippen molar-refractivity contribution in [3.8, 4) is 0 Å². The number of hydrogen-bond donors (Lipinski definition) is 0. The van der Waals surface area contributed by atoms with Crippen LogP contribution in [0.15, 0.2) is 68.2 Å². The van der Waals surface area contributed by atoms with Crippen LogP contribution in [0.3, 0.4) is 0 Å². The van der Waals surface area contributed by atoms with Gasteiger partial charge in [0.15, 0.2) is 14.8 Å². The first-order chi connectivity index (χ1) is 14.3. The molecule has 3 aromatic heterocycles. The number of nitrogens with zero attached hydrogens (tertiary/aromatic N) is 2. The number of benzene rings is 1. The number of ether oxygens (including phenoxy) is 1. The number of carbonyl (C=O) groups excluding carboxylic acids is 1. The summed E-state index contributed by atoms with van der Waals surface area (Å²) >= 11 is 1.31. The molecule has 3 heterocycles. The van der Waals surface area contributed by atoms with Gasteiger partial charge in [-0.05, 0) is 25.1 Å². The van der Waals surface area contributed by atoms with Crippen molar-refractivity contribution in [1.29, 1.82) is 0 Å². The van der Waals surface area contributed by atoms with E-state index in [1.54, 1.807) is 25.1 Å². The summed E-state index contributed by atoms with van der Waals surface area (Å²) in [5.74, 6) is -1.43. The average molecular weight is 444 g/mol. The van der Waals surface area contributed by atoms with E-state index in [4.69, 9.17) is 9.15 Å². The molecule has 154 valence electrons. The molecule has 0 bridgehead atoms. The van der Waals surface area contributed by atoms with E-state index in [-0.39, 0.29) is 28.4 Å². The Bertz CT molecular complexity index is 1380. The third-order valence-electron chi connectivity index (χ3n) is 4.36. The van der Waals surface area contributed by atoms with E-state index >= 15 is 0 Å². The fourth-order valence-electron chi connectivity index (χ4n) is 2.92. The van der Waals surface area contributed by atoms with Gasteiger partial charge in [0.2, 0.25) is 5.76 Å². The number of thiazole rings is 1. The predicted molar refractivity (Wildman–Crippen MR) is 109 cm³/mol. The molecule has 0 N–H and O–H groups in total. The molecule has 0 unspecified atom stereocenters. The third kappa shape index (κ3) is 3.91. The molecular formula is C20H16N2O6S2. The Morgan fingerprint density at radius 1 is 1.23 bits per heavy atom. The Hall–Kier alpha value is -3.24. The Labute approximate surface area is 175 Å².